The molecule has 5 heterocycles. The van der Waals surface area contributed by atoms with Crippen molar-refractivity contribution in [1.29, 1.82) is 0 Å². The van der Waals surface area contributed by atoms with Crippen LogP contribution in [0.25, 0.3) is 32.9 Å². The Morgan fingerprint density at radius 3 is 2.59 bits per heavy atom. The van der Waals surface area contributed by atoms with Gasteiger partial charge < -0.3 is 14.7 Å². The van der Waals surface area contributed by atoms with Gasteiger partial charge in [-0.2, -0.15) is 5.10 Å². The Bertz CT molecular complexity index is 1660. The fraction of sp³-hybridized carbons (Fsp3) is 0.438. The van der Waals surface area contributed by atoms with E-state index in [0.29, 0.717) is 10.9 Å². The number of H-pyrrole nitrogens is 1. The van der Waals surface area contributed by atoms with Gasteiger partial charge in [-0.05, 0) is 88.1 Å². The Morgan fingerprint density at radius 2 is 1.85 bits per heavy atom. The van der Waals surface area contributed by atoms with Gasteiger partial charge in [-0.15, -0.1) is 0 Å². The van der Waals surface area contributed by atoms with E-state index in [0.717, 1.165) is 115 Å². The van der Waals surface area contributed by atoms with Gasteiger partial charge in [-0.1, -0.05) is 24.2 Å². The lowest BCUT2D eigenvalue weighted by molar-refractivity contribution is -0.139. The number of carbonyl (C=O) groups excluding carboxylic acids is 1. The van der Waals surface area contributed by atoms with Crippen LogP contribution < -0.4 is 4.90 Å². The molecule has 1 amide bonds. The van der Waals surface area contributed by atoms with E-state index in [1.165, 1.54) is 6.08 Å². The quantitative estimate of drug-likeness (QED) is 0.324. The summed E-state index contributed by atoms with van der Waals surface area (Å²) in [5.41, 5.74) is 5.35. The molecule has 3 saturated heterocycles. The van der Waals surface area contributed by atoms with Gasteiger partial charge in [0.2, 0.25) is 5.91 Å². The number of hydrogen-bond acceptors (Lipinski definition) is 6. The minimum atomic E-state index is 0.0365. The average molecular weight is 570 g/mol. The summed E-state index contributed by atoms with van der Waals surface area (Å²) in [6.45, 7) is 11.3. The number of benzene rings is 2. The zero-order valence-corrected chi connectivity index (χ0v) is 24.5. The number of nitrogens with one attached hydrogen (secondary N) is 1. The molecule has 2 aromatic carbocycles. The van der Waals surface area contributed by atoms with Crippen LogP contribution in [0.1, 0.15) is 43.0 Å². The first kappa shape index (κ1) is 26.4. The van der Waals surface area contributed by atoms with Gasteiger partial charge in [0.1, 0.15) is 11.6 Å². The number of rotatable bonds is 4. The molecule has 0 atom stereocenters. The Labute approximate surface area is 245 Å². The highest BCUT2D eigenvalue weighted by Gasteiger charge is 2.46. The number of aromatic amines is 1. The Morgan fingerprint density at radius 1 is 1.10 bits per heavy atom. The fourth-order valence-corrected chi connectivity index (χ4v) is 7.33. The summed E-state index contributed by atoms with van der Waals surface area (Å²) < 4.78 is 0. The van der Waals surface area contributed by atoms with Gasteiger partial charge in [0.05, 0.1) is 17.2 Å². The van der Waals surface area contributed by atoms with Gasteiger partial charge in [0.15, 0.2) is 0 Å². The van der Waals surface area contributed by atoms with E-state index in [1.54, 1.807) is 0 Å². The maximum Gasteiger partial charge on any atom is 0.245 e. The predicted molar refractivity (Wildman–Crippen MR) is 165 cm³/mol. The molecule has 4 aromatic rings. The highest BCUT2D eigenvalue weighted by Crippen LogP contribution is 2.44. The third-order valence-corrected chi connectivity index (χ3v) is 9.94. The summed E-state index contributed by atoms with van der Waals surface area (Å²) in [7, 11) is 2.18. The van der Waals surface area contributed by atoms with Crippen molar-refractivity contribution in [2.75, 3.05) is 51.2 Å². The molecule has 0 saturated carbocycles. The van der Waals surface area contributed by atoms with Gasteiger partial charge >= 0.3 is 0 Å². The van der Waals surface area contributed by atoms with Crippen LogP contribution in [0.15, 0.2) is 43.1 Å². The molecule has 0 unspecified atom stereocenters. The monoisotopic (exact) mass is 569 g/mol. The molecular weight excluding hydrogens is 534 g/mol. The highest BCUT2D eigenvalue weighted by atomic mass is 35.5. The van der Waals surface area contributed by atoms with E-state index >= 15 is 0 Å². The molecule has 0 bridgehead atoms. The summed E-state index contributed by atoms with van der Waals surface area (Å²) in [5.74, 6) is 2.31. The number of fused-ring (bicyclic) bond motifs is 2. The van der Waals surface area contributed by atoms with Gasteiger partial charge in [-0.3, -0.25) is 9.89 Å². The van der Waals surface area contributed by atoms with E-state index in [4.69, 9.17) is 21.6 Å². The Hall–Kier alpha value is -3.49. The lowest BCUT2D eigenvalue weighted by Crippen LogP contribution is -2.61. The molecular formula is C32H36ClN7O. The maximum absolute atomic E-state index is 12.1. The van der Waals surface area contributed by atoms with Crippen molar-refractivity contribution < 1.29 is 4.79 Å². The summed E-state index contributed by atoms with van der Waals surface area (Å²) in [5, 5.41) is 10.1. The van der Waals surface area contributed by atoms with Crippen molar-refractivity contribution >= 4 is 45.1 Å². The van der Waals surface area contributed by atoms with Crippen LogP contribution in [0.5, 0.6) is 0 Å². The first-order valence-electron chi connectivity index (χ1n) is 14.6. The first-order valence-corrected chi connectivity index (χ1v) is 15.0. The minimum Gasteiger partial charge on any atom is -0.356 e. The number of aryl methyl sites for hydroxylation is 1. The molecule has 1 spiro atoms. The lowest BCUT2D eigenvalue weighted by Gasteiger charge is -2.54. The molecule has 0 radical (unpaired) electrons. The molecule has 3 fully saturated rings. The molecule has 2 aromatic heterocycles. The summed E-state index contributed by atoms with van der Waals surface area (Å²) in [4.78, 5) is 29.2. The molecule has 8 nitrogen and oxygen atoms in total. The van der Waals surface area contributed by atoms with Crippen LogP contribution in [0.3, 0.4) is 0 Å². The number of anilines is 1. The third kappa shape index (κ3) is 4.57. The molecule has 3 aliphatic heterocycles. The van der Waals surface area contributed by atoms with Crippen molar-refractivity contribution in [3.8, 4) is 11.1 Å². The zero-order valence-electron chi connectivity index (χ0n) is 23.8. The van der Waals surface area contributed by atoms with E-state index in [9.17, 15) is 4.79 Å². The van der Waals surface area contributed by atoms with Gasteiger partial charge in [0, 0.05) is 58.9 Å². The number of hydrogen-bond donors (Lipinski definition) is 1. The number of aromatic nitrogens is 4. The summed E-state index contributed by atoms with van der Waals surface area (Å²) in [6, 6.07) is 8.40. The van der Waals surface area contributed by atoms with E-state index < -0.39 is 0 Å². The predicted octanol–water partition coefficient (Wildman–Crippen LogP) is 5.56. The number of likely N-dealkylation sites (tertiary alicyclic amines) is 2. The maximum atomic E-state index is 12.1. The number of halogens is 1. The van der Waals surface area contributed by atoms with E-state index in [1.807, 2.05) is 11.1 Å². The zero-order chi connectivity index (χ0) is 28.3. The minimum absolute atomic E-state index is 0.0365. The van der Waals surface area contributed by atoms with E-state index in [2.05, 4.69) is 64.8 Å². The van der Waals surface area contributed by atoms with Crippen molar-refractivity contribution in [2.24, 2.45) is 5.41 Å². The van der Waals surface area contributed by atoms with Crippen LogP contribution in [-0.4, -0.2) is 82.2 Å². The fourth-order valence-electron chi connectivity index (χ4n) is 7.07. The van der Waals surface area contributed by atoms with Gasteiger partial charge in [0.25, 0.3) is 0 Å². The van der Waals surface area contributed by atoms with Crippen molar-refractivity contribution in [2.45, 2.75) is 38.5 Å². The van der Waals surface area contributed by atoms with Crippen LogP contribution in [0, 0.1) is 12.3 Å². The van der Waals surface area contributed by atoms with Crippen LogP contribution >= 0.6 is 11.6 Å². The Balaban J connectivity index is 1.28. The van der Waals surface area contributed by atoms with Crippen LogP contribution in [-0.2, 0) is 4.79 Å². The first-order chi connectivity index (χ1) is 19.8. The average Bonchev–Trinajstić information content (AvgIpc) is 3.44. The summed E-state index contributed by atoms with van der Waals surface area (Å²) in [6.07, 6.45) is 7.50. The molecule has 7 rings (SSSR count). The second-order valence-electron chi connectivity index (χ2n) is 12.3. The van der Waals surface area contributed by atoms with Crippen molar-refractivity contribution in [3.05, 3.63) is 59.5 Å². The standard InChI is InChI=1S/C32H36ClN7O/c1-4-28(41)40-18-32(19-40)9-13-39(14-10-32)31-23-15-25(33)22(29-20(2)5-6-26-24(29)17-34-37-26)16-27(23)35-30(36-31)21-7-11-38(3)12-8-21/h4-6,15-17,21H,1,7-14,18-19H2,2-3H3,(H,34,37). The number of amides is 1. The van der Waals surface area contributed by atoms with E-state index in [-0.39, 0.29) is 11.3 Å². The van der Waals surface area contributed by atoms with Crippen molar-refractivity contribution in [3.63, 3.8) is 0 Å². The smallest absolute Gasteiger partial charge is 0.245 e. The second kappa shape index (κ2) is 10.1. The van der Waals surface area contributed by atoms with Crippen molar-refractivity contribution in [1.82, 2.24) is 30.0 Å². The molecule has 212 valence electrons. The topological polar surface area (TPSA) is 81.3 Å². The normalized spacial score (nSPS) is 19.7. The number of carbonyl (C=O) groups is 1. The molecule has 3 aliphatic rings. The molecule has 9 heteroatoms. The molecule has 0 aliphatic carbocycles. The number of nitrogens with zero attached hydrogens (tertiary/aromatic N) is 6. The van der Waals surface area contributed by atoms with Crippen LogP contribution in [0.4, 0.5) is 5.82 Å². The SMILES string of the molecule is C=CC(=O)N1CC2(CCN(c3nc(C4CCN(C)CC4)nc4cc(-c5c(C)ccc6[nH]ncc56)c(Cl)cc34)CC2)C1. The Kier molecular flexibility index (Phi) is 6.51. The molecule has 41 heavy (non-hydrogen) atoms. The second-order valence-corrected chi connectivity index (χ2v) is 12.7. The number of piperidine rings is 2. The van der Waals surface area contributed by atoms with Crippen LogP contribution in [0.2, 0.25) is 5.02 Å². The summed E-state index contributed by atoms with van der Waals surface area (Å²) >= 11 is 7.07. The molecule has 1 N–H and O–H groups in total. The lowest BCUT2D eigenvalue weighted by atomic mass is 9.72. The van der Waals surface area contributed by atoms with Gasteiger partial charge in [-0.25, -0.2) is 9.97 Å². The highest BCUT2D eigenvalue weighted by molar-refractivity contribution is 6.35. The third-order valence-electron chi connectivity index (χ3n) is 9.63. The largest absolute Gasteiger partial charge is 0.356 e.